The number of rotatable bonds is 6. The maximum Gasteiger partial charge on any atom is 0.257 e. The third-order valence-corrected chi connectivity index (χ3v) is 7.61. The predicted octanol–water partition coefficient (Wildman–Crippen LogP) is 4.79. The van der Waals surface area contributed by atoms with Gasteiger partial charge in [0.05, 0.1) is 22.8 Å². The van der Waals surface area contributed by atoms with Gasteiger partial charge in [-0.2, -0.15) is 5.10 Å². The lowest BCUT2D eigenvalue weighted by molar-refractivity contribution is 0.0747. The first kappa shape index (κ1) is 22.7. The Morgan fingerprint density at radius 2 is 1.79 bits per heavy atom. The van der Waals surface area contributed by atoms with E-state index >= 15 is 0 Å². The second-order valence-electron chi connectivity index (χ2n) is 9.69. The van der Waals surface area contributed by atoms with Crippen LogP contribution in [0.3, 0.4) is 0 Å². The van der Waals surface area contributed by atoms with Crippen molar-refractivity contribution in [1.82, 2.24) is 19.7 Å². The molecule has 1 aromatic carbocycles. The Kier molecular flexibility index (Phi) is 6.70. The highest BCUT2D eigenvalue weighted by atomic mass is 16.2. The molecule has 34 heavy (non-hydrogen) atoms. The van der Waals surface area contributed by atoms with E-state index in [0.29, 0.717) is 30.6 Å². The van der Waals surface area contributed by atoms with E-state index in [1.807, 2.05) is 21.8 Å². The van der Waals surface area contributed by atoms with Crippen molar-refractivity contribution < 1.29 is 4.79 Å². The molecule has 0 radical (unpaired) electrons. The first-order valence-corrected chi connectivity index (χ1v) is 12.9. The number of hydrogen-bond acceptors (Lipinski definition) is 5. The van der Waals surface area contributed by atoms with Crippen LogP contribution in [0.2, 0.25) is 0 Å². The molecule has 1 saturated carbocycles. The lowest BCUT2D eigenvalue weighted by Gasteiger charge is -2.36. The zero-order valence-electron chi connectivity index (χ0n) is 20.4. The van der Waals surface area contributed by atoms with Gasteiger partial charge < -0.3 is 15.1 Å². The van der Waals surface area contributed by atoms with Crippen molar-refractivity contribution >= 4 is 28.3 Å². The van der Waals surface area contributed by atoms with Gasteiger partial charge in [-0.25, -0.2) is 9.67 Å². The molecular weight excluding hydrogens is 424 g/mol. The van der Waals surface area contributed by atoms with E-state index in [1.54, 1.807) is 6.20 Å². The zero-order valence-corrected chi connectivity index (χ0v) is 20.4. The van der Waals surface area contributed by atoms with Crippen LogP contribution in [0.1, 0.15) is 56.3 Å². The van der Waals surface area contributed by atoms with Gasteiger partial charge in [0.25, 0.3) is 5.91 Å². The van der Waals surface area contributed by atoms with Gasteiger partial charge in [-0.05, 0) is 44.7 Å². The van der Waals surface area contributed by atoms with Crippen molar-refractivity contribution in [2.45, 2.75) is 58.5 Å². The van der Waals surface area contributed by atoms with E-state index < -0.39 is 0 Å². The van der Waals surface area contributed by atoms with Gasteiger partial charge in [-0.15, -0.1) is 0 Å². The largest absolute Gasteiger partial charge is 0.381 e. The standard InChI is InChI=1S/C27H36N6O/c1-3-33-26-23(19-29-33)25(30-20(2)21-10-6-4-7-11-21)24(18-28-26)27(34)32-16-14-31(15-17-32)22-12-8-5-9-13-22/h5,8-9,12-13,18-21H,3-4,6-7,10-11,14-17H2,1-2H3,(H,28,30)/t20-/m1/s1. The maximum absolute atomic E-state index is 13.7. The fraction of sp³-hybridized carbons (Fsp3) is 0.519. The number of hydrogen-bond donors (Lipinski definition) is 1. The summed E-state index contributed by atoms with van der Waals surface area (Å²) in [5.74, 6) is 0.695. The van der Waals surface area contributed by atoms with Crippen LogP contribution in [0.25, 0.3) is 11.0 Å². The summed E-state index contributed by atoms with van der Waals surface area (Å²) in [5, 5.41) is 9.24. The first-order chi connectivity index (χ1) is 16.7. The predicted molar refractivity (Wildman–Crippen MR) is 137 cm³/mol. The summed E-state index contributed by atoms with van der Waals surface area (Å²) in [6, 6.07) is 10.7. The molecule has 1 aliphatic carbocycles. The smallest absolute Gasteiger partial charge is 0.257 e. The Bertz CT molecular complexity index is 1110. The number of nitrogens with one attached hydrogen (secondary N) is 1. The normalized spacial score (nSPS) is 18.3. The molecule has 5 rings (SSSR count). The highest BCUT2D eigenvalue weighted by Crippen LogP contribution is 2.32. The minimum absolute atomic E-state index is 0.0599. The topological polar surface area (TPSA) is 66.3 Å². The van der Waals surface area contributed by atoms with Crippen LogP contribution >= 0.6 is 0 Å². The number of amides is 1. The van der Waals surface area contributed by atoms with Gasteiger partial charge in [-0.3, -0.25) is 4.79 Å². The van der Waals surface area contributed by atoms with Gasteiger partial charge >= 0.3 is 0 Å². The van der Waals surface area contributed by atoms with Crippen LogP contribution in [0.15, 0.2) is 42.7 Å². The third kappa shape index (κ3) is 4.48. The van der Waals surface area contributed by atoms with Crippen LogP contribution in [0.4, 0.5) is 11.4 Å². The maximum atomic E-state index is 13.7. The Morgan fingerprint density at radius 3 is 2.50 bits per heavy atom. The van der Waals surface area contributed by atoms with Crippen molar-refractivity contribution in [2.75, 3.05) is 36.4 Å². The summed E-state index contributed by atoms with van der Waals surface area (Å²) < 4.78 is 1.90. The number of carbonyl (C=O) groups is 1. The number of fused-ring (bicyclic) bond motifs is 1. The van der Waals surface area contributed by atoms with Gasteiger partial charge in [0, 0.05) is 50.6 Å². The molecule has 1 saturated heterocycles. The quantitative estimate of drug-likeness (QED) is 0.573. The van der Waals surface area contributed by atoms with Crippen LogP contribution < -0.4 is 10.2 Å². The zero-order chi connectivity index (χ0) is 23.5. The number of para-hydroxylation sites is 1. The molecule has 3 aromatic rings. The fourth-order valence-electron chi connectivity index (χ4n) is 5.53. The summed E-state index contributed by atoms with van der Waals surface area (Å²) in [6.45, 7) is 8.16. The number of anilines is 2. The van der Waals surface area contributed by atoms with E-state index in [2.05, 4.69) is 58.4 Å². The van der Waals surface area contributed by atoms with Gasteiger partial charge in [0.1, 0.15) is 0 Å². The first-order valence-electron chi connectivity index (χ1n) is 12.9. The third-order valence-electron chi connectivity index (χ3n) is 7.61. The Hall–Kier alpha value is -3.09. The second kappa shape index (κ2) is 10.0. The molecule has 1 amide bonds. The number of pyridine rings is 1. The van der Waals surface area contributed by atoms with Crippen LogP contribution in [0.5, 0.6) is 0 Å². The van der Waals surface area contributed by atoms with E-state index in [-0.39, 0.29) is 5.91 Å². The van der Waals surface area contributed by atoms with Crippen molar-refractivity contribution in [3.05, 3.63) is 48.3 Å². The molecule has 1 N–H and O–H groups in total. The number of carbonyl (C=O) groups excluding carboxylic acids is 1. The molecule has 2 aliphatic rings. The summed E-state index contributed by atoms with van der Waals surface area (Å²) in [4.78, 5) is 22.7. The summed E-state index contributed by atoms with van der Waals surface area (Å²) >= 11 is 0. The minimum atomic E-state index is 0.0599. The monoisotopic (exact) mass is 460 g/mol. The second-order valence-corrected chi connectivity index (χ2v) is 9.69. The molecule has 180 valence electrons. The SMILES string of the molecule is CCn1ncc2c(N[C@H](C)C3CCCCC3)c(C(=O)N3CCN(c4ccccc4)CC3)cnc21. The van der Waals surface area contributed by atoms with Crippen LogP contribution in [-0.4, -0.2) is 57.8 Å². The van der Waals surface area contributed by atoms with E-state index in [9.17, 15) is 4.79 Å². The Labute approximate surface area is 202 Å². The molecule has 3 heterocycles. The number of aromatic nitrogens is 3. The minimum Gasteiger partial charge on any atom is -0.381 e. The highest BCUT2D eigenvalue weighted by Gasteiger charge is 2.28. The molecule has 1 aliphatic heterocycles. The molecule has 0 bridgehead atoms. The Balaban J connectivity index is 1.39. The summed E-state index contributed by atoms with van der Waals surface area (Å²) in [6.07, 6.45) is 10.1. The molecule has 1 atom stereocenters. The van der Waals surface area contributed by atoms with Gasteiger partial charge in [-0.1, -0.05) is 37.5 Å². The van der Waals surface area contributed by atoms with Crippen molar-refractivity contribution in [3.63, 3.8) is 0 Å². The fourth-order valence-corrected chi connectivity index (χ4v) is 5.53. The molecular formula is C27H36N6O. The van der Waals surface area contributed by atoms with Crippen molar-refractivity contribution in [3.8, 4) is 0 Å². The number of benzene rings is 1. The van der Waals surface area contributed by atoms with Crippen LogP contribution in [0, 0.1) is 5.92 Å². The molecule has 2 fully saturated rings. The van der Waals surface area contributed by atoms with E-state index in [1.165, 1.54) is 37.8 Å². The van der Waals surface area contributed by atoms with Crippen LogP contribution in [-0.2, 0) is 6.54 Å². The van der Waals surface area contributed by atoms with Gasteiger partial charge in [0.15, 0.2) is 5.65 Å². The average molecular weight is 461 g/mol. The average Bonchev–Trinajstić information content (AvgIpc) is 3.33. The molecule has 0 spiro atoms. The molecule has 7 heteroatoms. The number of aryl methyl sites for hydroxylation is 1. The lowest BCUT2D eigenvalue weighted by Crippen LogP contribution is -2.49. The summed E-state index contributed by atoms with van der Waals surface area (Å²) in [7, 11) is 0. The van der Waals surface area contributed by atoms with E-state index in [4.69, 9.17) is 0 Å². The summed E-state index contributed by atoms with van der Waals surface area (Å²) in [5.41, 5.74) is 3.62. The highest BCUT2D eigenvalue weighted by molar-refractivity contribution is 6.06. The molecule has 7 nitrogen and oxygen atoms in total. The molecule has 0 unspecified atom stereocenters. The number of nitrogens with zero attached hydrogens (tertiary/aromatic N) is 5. The molecule has 2 aromatic heterocycles. The van der Waals surface area contributed by atoms with Crippen molar-refractivity contribution in [1.29, 1.82) is 0 Å². The Morgan fingerprint density at radius 1 is 1.06 bits per heavy atom. The number of piperazine rings is 1. The van der Waals surface area contributed by atoms with Crippen molar-refractivity contribution in [2.24, 2.45) is 5.92 Å². The lowest BCUT2D eigenvalue weighted by atomic mass is 9.84. The van der Waals surface area contributed by atoms with Gasteiger partial charge in [0.2, 0.25) is 0 Å². The van der Waals surface area contributed by atoms with E-state index in [0.717, 1.165) is 36.4 Å².